The van der Waals surface area contributed by atoms with Crippen molar-refractivity contribution < 1.29 is 18.0 Å². The van der Waals surface area contributed by atoms with Gasteiger partial charge in [-0.1, -0.05) is 32.0 Å². The van der Waals surface area contributed by atoms with Gasteiger partial charge in [-0.3, -0.25) is 4.79 Å². The van der Waals surface area contributed by atoms with E-state index < -0.39 is 17.6 Å². The Bertz CT molecular complexity index is 1230. The van der Waals surface area contributed by atoms with Crippen LogP contribution in [0, 0.1) is 0 Å². The number of nitrogens with zero attached hydrogens (tertiary/aromatic N) is 4. The number of hydrogen-bond donors (Lipinski definition) is 1. The normalized spacial score (nSPS) is 11.9. The number of carbonyl (C=O) groups excluding carboxylic acids is 1. The van der Waals surface area contributed by atoms with Crippen LogP contribution in [-0.4, -0.2) is 25.5 Å². The highest BCUT2D eigenvalue weighted by molar-refractivity contribution is 7.11. The highest BCUT2D eigenvalue weighted by atomic mass is 32.1. The first-order valence-corrected chi connectivity index (χ1v) is 9.90. The topological polar surface area (TPSA) is 72.2 Å². The molecule has 1 amide bonds. The molecule has 4 aromatic rings. The van der Waals surface area contributed by atoms with Crippen molar-refractivity contribution in [1.29, 1.82) is 0 Å². The summed E-state index contributed by atoms with van der Waals surface area (Å²) in [6.45, 7) is 3.96. The monoisotopic (exact) mass is 431 g/mol. The molecule has 0 fully saturated rings. The van der Waals surface area contributed by atoms with Crippen molar-refractivity contribution in [2.24, 2.45) is 0 Å². The quantitative estimate of drug-likeness (QED) is 0.479. The predicted molar refractivity (Wildman–Crippen MR) is 108 cm³/mol. The van der Waals surface area contributed by atoms with E-state index in [1.165, 1.54) is 46.3 Å². The number of thiazole rings is 1. The van der Waals surface area contributed by atoms with Gasteiger partial charge in [0.15, 0.2) is 16.5 Å². The molecule has 154 valence electrons. The van der Waals surface area contributed by atoms with E-state index in [1.54, 1.807) is 6.07 Å². The second kappa shape index (κ2) is 7.52. The van der Waals surface area contributed by atoms with Crippen molar-refractivity contribution in [3.05, 3.63) is 64.2 Å². The Hall–Kier alpha value is -3.27. The number of amides is 1. The average molecular weight is 431 g/mol. The molecule has 0 atom stereocenters. The highest BCUT2D eigenvalue weighted by Gasteiger charge is 2.33. The first kappa shape index (κ1) is 20.0. The summed E-state index contributed by atoms with van der Waals surface area (Å²) >= 11 is 1.22. The van der Waals surface area contributed by atoms with Gasteiger partial charge in [0.2, 0.25) is 0 Å². The molecule has 1 N–H and O–H groups in total. The number of fused-ring (bicyclic) bond motifs is 1. The molecule has 0 spiro atoms. The Kier molecular flexibility index (Phi) is 5.02. The summed E-state index contributed by atoms with van der Waals surface area (Å²) in [5.41, 5.74) is 0.471. The van der Waals surface area contributed by atoms with E-state index in [-0.39, 0.29) is 28.0 Å². The molecule has 0 aliphatic rings. The van der Waals surface area contributed by atoms with Crippen LogP contribution in [0.15, 0.2) is 48.0 Å². The molecule has 10 heteroatoms. The number of rotatable bonds is 4. The minimum Gasteiger partial charge on any atom is -0.303 e. The van der Waals surface area contributed by atoms with E-state index >= 15 is 0 Å². The second-order valence-corrected chi connectivity index (χ2v) is 7.72. The first-order chi connectivity index (χ1) is 14.2. The van der Waals surface area contributed by atoms with Crippen LogP contribution in [0.4, 0.5) is 19.0 Å². The molecule has 3 aromatic heterocycles. The maximum absolute atomic E-state index is 13.4. The summed E-state index contributed by atoms with van der Waals surface area (Å²) in [4.78, 5) is 21.0. The standard InChI is InChI=1S/C20H16F3N5OS/c1-11(2)15-10-30-19(25-15)18(29)26-17-9-24-16-8-7-14(27-28(16)17)12-5-3-4-6-13(12)20(21,22)23/h3-11H,1-2H3,(H,26,29). The number of hydrogen-bond acceptors (Lipinski definition) is 5. The third kappa shape index (κ3) is 3.78. The van der Waals surface area contributed by atoms with Gasteiger partial charge >= 0.3 is 6.18 Å². The van der Waals surface area contributed by atoms with Gasteiger partial charge in [-0.15, -0.1) is 11.3 Å². The van der Waals surface area contributed by atoms with E-state index in [0.717, 1.165) is 11.8 Å². The second-order valence-electron chi connectivity index (χ2n) is 6.86. The van der Waals surface area contributed by atoms with Gasteiger partial charge in [0.05, 0.1) is 23.1 Å². The molecule has 30 heavy (non-hydrogen) atoms. The third-order valence-corrected chi connectivity index (χ3v) is 5.28. The number of halogens is 3. The fraction of sp³-hybridized carbons (Fsp3) is 0.200. The summed E-state index contributed by atoms with van der Waals surface area (Å²) in [6.07, 6.45) is -3.12. The smallest absolute Gasteiger partial charge is 0.303 e. The number of imidazole rings is 1. The van der Waals surface area contributed by atoms with Crippen LogP contribution in [-0.2, 0) is 6.18 Å². The molecule has 4 rings (SSSR count). The van der Waals surface area contributed by atoms with Gasteiger partial charge in [-0.05, 0) is 24.1 Å². The average Bonchev–Trinajstić information content (AvgIpc) is 3.35. The third-order valence-electron chi connectivity index (χ3n) is 4.42. The number of aromatic nitrogens is 4. The van der Waals surface area contributed by atoms with Crippen molar-refractivity contribution in [2.45, 2.75) is 25.9 Å². The van der Waals surface area contributed by atoms with Crippen LogP contribution in [0.3, 0.4) is 0 Å². The first-order valence-electron chi connectivity index (χ1n) is 9.02. The summed E-state index contributed by atoms with van der Waals surface area (Å²) in [6, 6.07) is 8.22. The van der Waals surface area contributed by atoms with Crippen molar-refractivity contribution >= 4 is 28.7 Å². The molecule has 0 unspecified atom stereocenters. The van der Waals surface area contributed by atoms with E-state index in [4.69, 9.17) is 0 Å². The largest absolute Gasteiger partial charge is 0.417 e. The SMILES string of the molecule is CC(C)c1csc(C(=O)Nc2cnc3ccc(-c4ccccc4C(F)(F)F)nn23)n1. The number of anilines is 1. The molecule has 0 radical (unpaired) electrons. The number of alkyl halides is 3. The Balaban J connectivity index is 1.70. The molecule has 0 saturated carbocycles. The van der Waals surface area contributed by atoms with E-state index in [9.17, 15) is 18.0 Å². The molecule has 1 aromatic carbocycles. The molecule has 0 aliphatic heterocycles. The lowest BCUT2D eigenvalue weighted by Gasteiger charge is -2.12. The fourth-order valence-electron chi connectivity index (χ4n) is 2.88. The van der Waals surface area contributed by atoms with Gasteiger partial charge in [-0.2, -0.15) is 22.8 Å². The summed E-state index contributed by atoms with van der Waals surface area (Å²) < 4.78 is 41.4. The van der Waals surface area contributed by atoms with E-state index in [0.29, 0.717) is 5.65 Å². The van der Waals surface area contributed by atoms with E-state index in [2.05, 4.69) is 20.4 Å². The number of carbonyl (C=O) groups is 1. The Morgan fingerprint density at radius 3 is 2.63 bits per heavy atom. The molecule has 3 heterocycles. The Morgan fingerprint density at radius 2 is 1.93 bits per heavy atom. The Morgan fingerprint density at radius 1 is 1.17 bits per heavy atom. The lowest BCUT2D eigenvalue weighted by Crippen LogP contribution is -2.14. The highest BCUT2D eigenvalue weighted by Crippen LogP contribution is 2.36. The fourth-order valence-corrected chi connectivity index (χ4v) is 3.75. The number of benzene rings is 1. The zero-order valence-corrected chi connectivity index (χ0v) is 16.8. The van der Waals surface area contributed by atoms with Crippen molar-refractivity contribution in [3.8, 4) is 11.3 Å². The minimum absolute atomic E-state index is 0.0561. The maximum Gasteiger partial charge on any atom is 0.417 e. The van der Waals surface area contributed by atoms with E-state index in [1.807, 2.05) is 19.2 Å². The van der Waals surface area contributed by atoms with Crippen LogP contribution in [0.1, 0.15) is 40.8 Å². The molecule has 0 bridgehead atoms. The zero-order valence-electron chi connectivity index (χ0n) is 15.9. The predicted octanol–water partition coefficient (Wildman–Crippen LogP) is 5.25. The summed E-state index contributed by atoms with van der Waals surface area (Å²) in [5.74, 6) is -0.00393. The van der Waals surface area contributed by atoms with Gasteiger partial charge in [0, 0.05) is 10.9 Å². The van der Waals surface area contributed by atoms with Crippen molar-refractivity contribution in [1.82, 2.24) is 19.6 Å². The van der Waals surface area contributed by atoms with Crippen LogP contribution in [0.2, 0.25) is 0 Å². The molecule has 0 aliphatic carbocycles. The van der Waals surface area contributed by atoms with Gasteiger partial charge in [-0.25, -0.2) is 9.97 Å². The Labute approximate surface area is 173 Å². The van der Waals surface area contributed by atoms with Crippen LogP contribution in [0.5, 0.6) is 0 Å². The molecule has 0 saturated heterocycles. The molecule has 6 nitrogen and oxygen atoms in total. The van der Waals surface area contributed by atoms with Gasteiger partial charge in [0.25, 0.3) is 5.91 Å². The van der Waals surface area contributed by atoms with Crippen LogP contribution >= 0.6 is 11.3 Å². The zero-order chi connectivity index (χ0) is 21.5. The van der Waals surface area contributed by atoms with Gasteiger partial charge < -0.3 is 5.32 Å². The van der Waals surface area contributed by atoms with Crippen molar-refractivity contribution in [3.63, 3.8) is 0 Å². The van der Waals surface area contributed by atoms with Crippen LogP contribution < -0.4 is 5.32 Å². The maximum atomic E-state index is 13.4. The van der Waals surface area contributed by atoms with Crippen molar-refractivity contribution in [2.75, 3.05) is 5.32 Å². The summed E-state index contributed by atoms with van der Waals surface area (Å²) in [5, 5.41) is 9.07. The summed E-state index contributed by atoms with van der Waals surface area (Å²) in [7, 11) is 0. The molecular weight excluding hydrogens is 415 g/mol. The minimum atomic E-state index is -4.52. The van der Waals surface area contributed by atoms with Crippen LogP contribution in [0.25, 0.3) is 16.9 Å². The lowest BCUT2D eigenvalue weighted by molar-refractivity contribution is -0.137. The van der Waals surface area contributed by atoms with Gasteiger partial charge in [0.1, 0.15) is 0 Å². The number of nitrogens with one attached hydrogen (secondary N) is 1. The lowest BCUT2D eigenvalue weighted by atomic mass is 10.0. The molecular formula is C20H16F3N5OS.